The van der Waals surface area contributed by atoms with Gasteiger partial charge in [0.05, 0.1) is 0 Å². The minimum absolute atomic E-state index is 0.0967. The number of aldehydes is 1. The van der Waals surface area contributed by atoms with E-state index in [0.717, 1.165) is 45.1 Å². The van der Waals surface area contributed by atoms with Crippen molar-refractivity contribution in [2.75, 3.05) is 27.9 Å². The first-order valence-corrected chi connectivity index (χ1v) is 16.7. The Morgan fingerprint density at radius 2 is 1.62 bits per heavy atom. The van der Waals surface area contributed by atoms with Crippen LogP contribution in [0.1, 0.15) is 133 Å². The van der Waals surface area contributed by atoms with E-state index in [9.17, 15) is 9.90 Å². The Labute approximate surface area is 251 Å². The van der Waals surface area contributed by atoms with Crippen LogP contribution in [0.5, 0.6) is 0 Å². The molecule has 4 nitrogen and oxygen atoms in total. The van der Waals surface area contributed by atoms with E-state index in [1.54, 1.807) is 19.8 Å². The highest BCUT2D eigenvalue weighted by Gasteiger charge is 2.58. The molecule has 4 heteroatoms. The van der Waals surface area contributed by atoms with Crippen LogP contribution in [-0.4, -0.2) is 44.4 Å². The van der Waals surface area contributed by atoms with Gasteiger partial charge in [-0.15, -0.1) is 0 Å². The number of aliphatic hydroxyl groups excluding tert-OH is 2. The van der Waals surface area contributed by atoms with Gasteiger partial charge in [0.1, 0.15) is 6.29 Å². The summed E-state index contributed by atoms with van der Waals surface area (Å²) in [7, 11) is 4.25. The second-order valence-electron chi connectivity index (χ2n) is 13.0. The number of hydrogen-bond acceptors (Lipinski definition) is 4. The van der Waals surface area contributed by atoms with Crippen LogP contribution < -0.4 is 0 Å². The first kappa shape index (κ1) is 41.4. The molecule has 6 unspecified atom stereocenters. The number of hydrogen-bond donors (Lipinski definition) is 2. The molecule has 0 aromatic heterocycles. The summed E-state index contributed by atoms with van der Waals surface area (Å²) in [6, 6.07) is 0. The van der Waals surface area contributed by atoms with E-state index in [0.29, 0.717) is 42.1 Å². The topological polar surface area (TPSA) is 66.8 Å². The first-order chi connectivity index (χ1) is 19.0. The van der Waals surface area contributed by atoms with E-state index in [1.165, 1.54) is 38.4 Å². The summed E-state index contributed by atoms with van der Waals surface area (Å²) in [5, 5.41) is 16.4. The number of ether oxygens (including phenoxy) is 1. The van der Waals surface area contributed by atoms with E-state index < -0.39 is 0 Å². The molecule has 0 aliphatic heterocycles. The molecule has 9 atom stereocenters. The van der Waals surface area contributed by atoms with E-state index in [1.807, 2.05) is 13.8 Å². The number of methoxy groups -OCH3 is 1. The lowest BCUT2D eigenvalue weighted by Crippen LogP contribution is -2.54. The molecule has 0 spiro atoms. The van der Waals surface area contributed by atoms with Crippen molar-refractivity contribution in [2.45, 2.75) is 133 Å². The molecule has 0 amide bonds. The molecular weight excluding hydrogens is 496 g/mol. The normalized spacial score (nSPS) is 33.6. The average Bonchev–Trinajstić information content (AvgIpc) is 2.97. The summed E-state index contributed by atoms with van der Waals surface area (Å²) < 4.78 is 4.25. The Hall–Kier alpha value is -0.710. The third-order valence-corrected chi connectivity index (χ3v) is 10.8. The highest BCUT2D eigenvalue weighted by molar-refractivity contribution is 5.63. The Kier molecular flexibility index (Phi) is 22.7. The first-order valence-electron chi connectivity index (χ1n) is 16.7. The van der Waals surface area contributed by atoms with Crippen LogP contribution in [0.25, 0.3) is 0 Å². The average molecular weight is 569 g/mol. The van der Waals surface area contributed by atoms with Crippen molar-refractivity contribution in [1.29, 1.82) is 0 Å². The number of carbonyl (C=O) groups excluding carboxylic acids is 1. The lowest BCUT2D eigenvalue weighted by Gasteiger charge is -2.60. The van der Waals surface area contributed by atoms with E-state index in [2.05, 4.69) is 66.2 Å². The number of carbonyl (C=O) groups is 1. The fourth-order valence-corrected chi connectivity index (χ4v) is 7.51. The molecule has 0 radical (unpaired) electrons. The van der Waals surface area contributed by atoms with Gasteiger partial charge in [-0.3, -0.25) is 0 Å². The zero-order valence-corrected chi connectivity index (χ0v) is 29.2. The summed E-state index contributed by atoms with van der Waals surface area (Å²) in [4.78, 5) is 12.2. The van der Waals surface area contributed by atoms with Crippen molar-refractivity contribution < 1.29 is 19.7 Å². The minimum Gasteiger partial charge on any atom is -0.400 e. The zero-order chi connectivity index (χ0) is 31.5. The summed E-state index contributed by atoms with van der Waals surface area (Å²) in [6.07, 6.45) is 15.9. The standard InChI is InChI=1S/C23H38O2.C8H18.C2H6O.C2H6.CH4O/c1-15-8-10-23(14-25)12-11-22(5)18(4)19(16(2)9-13-24)6-7-20(22)21(23)17(15)3;1-4-6-7-8(3)5-2;1-3-2;2*1-2/h7,14-19,21,24H,6,8-13H2,1-5H3;8H,4-7H2,1-3H3;1-2H3;1-2H3;2H,1H3/t15-,16?,17?,18?,19?,21?,22+,23-;;;;/m1..../s1. The fraction of sp³-hybridized carbons (Fsp3) is 0.917. The van der Waals surface area contributed by atoms with Gasteiger partial charge in [-0.25, -0.2) is 0 Å². The highest BCUT2D eigenvalue weighted by atomic mass is 16.4. The molecule has 0 heterocycles. The molecular formula is C36H72O4. The monoisotopic (exact) mass is 569 g/mol. The van der Waals surface area contributed by atoms with Crippen LogP contribution >= 0.6 is 0 Å². The molecule has 3 rings (SSSR count). The van der Waals surface area contributed by atoms with Gasteiger partial charge < -0.3 is 19.7 Å². The Balaban J connectivity index is 0. The van der Waals surface area contributed by atoms with Crippen LogP contribution in [0, 0.1) is 52.3 Å². The van der Waals surface area contributed by atoms with Gasteiger partial charge >= 0.3 is 0 Å². The molecule has 2 saturated carbocycles. The molecule has 2 fully saturated rings. The molecule has 0 aromatic rings. The predicted molar refractivity (Wildman–Crippen MR) is 175 cm³/mol. The lowest BCUT2D eigenvalue weighted by molar-refractivity contribution is -0.129. The predicted octanol–water partition coefficient (Wildman–Crippen LogP) is 9.37. The maximum atomic E-state index is 12.2. The number of rotatable bonds is 8. The molecule has 240 valence electrons. The third kappa shape index (κ3) is 10.8. The van der Waals surface area contributed by atoms with Crippen LogP contribution in [0.4, 0.5) is 0 Å². The van der Waals surface area contributed by atoms with E-state index in [4.69, 9.17) is 5.11 Å². The van der Waals surface area contributed by atoms with Crippen molar-refractivity contribution >= 4 is 6.29 Å². The van der Waals surface area contributed by atoms with Crippen molar-refractivity contribution in [1.82, 2.24) is 0 Å². The molecule has 0 saturated heterocycles. The van der Waals surface area contributed by atoms with E-state index >= 15 is 0 Å². The smallest absolute Gasteiger partial charge is 0.126 e. The second-order valence-corrected chi connectivity index (χ2v) is 13.0. The maximum absolute atomic E-state index is 12.2. The van der Waals surface area contributed by atoms with Gasteiger partial charge in [-0.1, -0.05) is 107 Å². The van der Waals surface area contributed by atoms with Crippen LogP contribution in [0.2, 0.25) is 0 Å². The van der Waals surface area contributed by atoms with Crippen LogP contribution in [0.15, 0.2) is 11.6 Å². The summed E-state index contributed by atoms with van der Waals surface area (Å²) in [5.41, 5.74) is 1.75. The van der Waals surface area contributed by atoms with Gasteiger partial charge in [0.15, 0.2) is 0 Å². The Morgan fingerprint density at radius 1 is 1.05 bits per heavy atom. The summed E-state index contributed by atoms with van der Waals surface area (Å²) >= 11 is 0. The molecule has 0 aromatic carbocycles. The second kappa shape index (κ2) is 21.9. The van der Waals surface area contributed by atoms with Crippen LogP contribution in [-0.2, 0) is 9.53 Å². The molecule has 2 N–H and O–H groups in total. The molecule has 0 bridgehead atoms. The number of unbranched alkanes of at least 4 members (excludes halogenated alkanes) is 1. The van der Waals surface area contributed by atoms with Gasteiger partial charge in [0.25, 0.3) is 0 Å². The Morgan fingerprint density at radius 3 is 2.10 bits per heavy atom. The summed E-state index contributed by atoms with van der Waals surface area (Å²) in [6.45, 7) is 23.1. The quantitative estimate of drug-likeness (QED) is 0.226. The SMILES string of the molecule is CC.CC(CCO)C1CC=C2C3C(C)[C@H](C)CC[C@]3(C=O)CC[C@@]2(C)C1C.CCCCC(C)CC.CO.COC. The molecule has 3 aliphatic carbocycles. The van der Waals surface area contributed by atoms with Crippen molar-refractivity contribution in [2.24, 2.45) is 52.3 Å². The molecule has 3 aliphatic rings. The van der Waals surface area contributed by atoms with Gasteiger partial charge in [0.2, 0.25) is 0 Å². The van der Waals surface area contributed by atoms with Crippen molar-refractivity contribution in [3.8, 4) is 0 Å². The van der Waals surface area contributed by atoms with Crippen molar-refractivity contribution in [3.63, 3.8) is 0 Å². The maximum Gasteiger partial charge on any atom is 0.126 e. The van der Waals surface area contributed by atoms with Gasteiger partial charge in [-0.05, 0) is 85.4 Å². The van der Waals surface area contributed by atoms with Crippen LogP contribution in [0.3, 0.4) is 0 Å². The van der Waals surface area contributed by atoms with Crippen molar-refractivity contribution in [3.05, 3.63) is 11.6 Å². The lowest BCUT2D eigenvalue weighted by atomic mass is 9.43. The zero-order valence-electron chi connectivity index (χ0n) is 29.2. The van der Waals surface area contributed by atoms with Gasteiger partial charge in [0, 0.05) is 33.4 Å². The number of fused-ring (bicyclic) bond motifs is 3. The van der Waals surface area contributed by atoms with E-state index in [-0.39, 0.29) is 10.8 Å². The largest absolute Gasteiger partial charge is 0.400 e. The Bertz CT molecular complexity index is 661. The van der Waals surface area contributed by atoms with Gasteiger partial charge in [-0.2, -0.15) is 0 Å². The molecule has 40 heavy (non-hydrogen) atoms. The number of allylic oxidation sites excluding steroid dienone is 2. The third-order valence-electron chi connectivity index (χ3n) is 10.8. The minimum atomic E-state index is -0.0967. The number of aliphatic hydroxyl groups is 2. The summed E-state index contributed by atoms with van der Waals surface area (Å²) in [5.74, 6) is 4.56. The fourth-order valence-electron chi connectivity index (χ4n) is 7.51. The highest BCUT2D eigenvalue weighted by Crippen LogP contribution is 2.65.